The standard InChI is InChI=1S/C27H33N3O3/c1-4-18(2)27(33)30-17-22-10-6-5-9-21(22)16-24(30)26(32)28-19(3)20-11-7-12-23(15-20)29-14-8-13-25(29)31/h5-7,9-12,15,18-19,24H,4,8,13-14,16-17H2,1-3H3,(H,28,32). The monoisotopic (exact) mass is 447 g/mol. The molecule has 6 heteroatoms. The normalized spacial score (nSPS) is 19.7. The van der Waals surface area contributed by atoms with Crippen molar-refractivity contribution in [3.8, 4) is 0 Å². The van der Waals surface area contributed by atoms with Gasteiger partial charge in [0.25, 0.3) is 0 Å². The van der Waals surface area contributed by atoms with E-state index in [1.807, 2.05) is 74.2 Å². The van der Waals surface area contributed by atoms with Gasteiger partial charge in [0, 0.05) is 37.5 Å². The summed E-state index contributed by atoms with van der Waals surface area (Å²) < 4.78 is 0. The van der Waals surface area contributed by atoms with Crippen LogP contribution in [0.5, 0.6) is 0 Å². The molecule has 2 aromatic carbocycles. The molecule has 33 heavy (non-hydrogen) atoms. The zero-order valence-electron chi connectivity index (χ0n) is 19.7. The molecule has 2 aliphatic rings. The highest BCUT2D eigenvalue weighted by molar-refractivity contribution is 5.95. The smallest absolute Gasteiger partial charge is 0.243 e. The summed E-state index contributed by atoms with van der Waals surface area (Å²) in [6, 6.07) is 15.1. The van der Waals surface area contributed by atoms with E-state index in [1.165, 1.54) is 0 Å². The van der Waals surface area contributed by atoms with Gasteiger partial charge < -0.3 is 15.1 Å². The second kappa shape index (κ2) is 9.77. The molecule has 2 heterocycles. The zero-order valence-corrected chi connectivity index (χ0v) is 19.7. The largest absolute Gasteiger partial charge is 0.348 e. The quantitative estimate of drug-likeness (QED) is 0.728. The van der Waals surface area contributed by atoms with Crippen LogP contribution in [0.2, 0.25) is 0 Å². The van der Waals surface area contributed by atoms with Gasteiger partial charge in [0.2, 0.25) is 17.7 Å². The Morgan fingerprint density at radius 2 is 1.85 bits per heavy atom. The second-order valence-corrected chi connectivity index (χ2v) is 9.24. The molecule has 0 radical (unpaired) electrons. The maximum absolute atomic E-state index is 13.4. The lowest BCUT2D eigenvalue weighted by atomic mass is 9.91. The molecule has 2 aromatic rings. The fourth-order valence-electron chi connectivity index (χ4n) is 4.72. The first-order valence-corrected chi connectivity index (χ1v) is 12.0. The Morgan fingerprint density at radius 1 is 1.09 bits per heavy atom. The number of carbonyl (C=O) groups excluding carboxylic acids is 3. The summed E-state index contributed by atoms with van der Waals surface area (Å²) >= 11 is 0. The van der Waals surface area contributed by atoms with E-state index >= 15 is 0 Å². The number of hydrogen-bond donors (Lipinski definition) is 1. The Kier molecular flexibility index (Phi) is 6.82. The van der Waals surface area contributed by atoms with Crippen molar-refractivity contribution < 1.29 is 14.4 Å². The highest BCUT2D eigenvalue weighted by atomic mass is 16.2. The number of nitrogens with zero attached hydrogens (tertiary/aromatic N) is 2. The number of carbonyl (C=O) groups is 3. The fraction of sp³-hybridized carbons (Fsp3) is 0.444. The molecule has 3 atom stereocenters. The van der Waals surface area contributed by atoms with Crippen molar-refractivity contribution in [2.24, 2.45) is 5.92 Å². The third kappa shape index (κ3) is 4.80. The Bertz CT molecular complexity index is 1050. The number of amides is 3. The van der Waals surface area contributed by atoms with Crippen molar-refractivity contribution in [2.45, 2.75) is 65.1 Å². The summed E-state index contributed by atoms with van der Waals surface area (Å²) in [7, 11) is 0. The summed E-state index contributed by atoms with van der Waals surface area (Å²) in [5, 5.41) is 3.13. The van der Waals surface area contributed by atoms with Crippen LogP contribution in [-0.2, 0) is 27.3 Å². The Labute approximate surface area is 196 Å². The molecule has 1 fully saturated rings. The van der Waals surface area contributed by atoms with E-state index in [9.17, 15) is 14.4 Å². The maximum atomic E-state index is 13.4. The first kappa shape index (κ1) is 23.0. The molecule has 0 saturated carbocycles. The third-order valence-corrected chi connectivity index (χ3v) is 6.98. The Hall–Kier alpha value is -3.15. The van der Waals surface area contributed by atoms with Crippen molar-refractivity contribution in [3.63, 3.8) is 0 Å². The van der Waals surface area contributed by atoms with Crippen LogP contribution in [0.15, 0.2) is 48.5 Å². The van der Waals surface area contributed by atoms with E-state index in [0.717, 1.165) is 41.8 Å². The van der Waals surface area contributed by atoms with Crippen LogP contribution in [0.3, 0.4) is 0 Å². The highest BCUT2D eigenvalue weighted by Gasteiger charge is 2.36. The number of benzene rings is 2. The first-order valence-electron chi connectivity index (χ1n) is 12.0. The van der Waals surface area contributed by atoms with Gasteiger partial charge in [-0.15, -0.1) is 0 Å². The van der Waals surface area contributed by atoms with Crippen LogP contribution in [0.4, 0.5) is 5.69 Å². The van der Waals surface area contributed by atoms with E-state index in [0.29, 0.717) is 19.4 Å². The topological polar surface area (TPSA) is 69.7 Å². The first-order chi connectivity index (χ1) is 15.9. The van der Waals surface area contributed by atoms with Gasteiger partial charge in [0.15, 0.2) is 0 Å². The summed E-state index contributed by atoms with van der Waals surface area (Å²) in [6.45, 7) is 7.05. The van der Waals surface area contributed by atoms with Crippen LogP contribution < -0.4 is 10.2 Å². The van der Waals surface area contributed by atoms with Gasteiger partial charge in [-0.25, -0.2) is 0 Å². The molecule has 0 aliphatic carbocycles. The minimum absolute atomic E-state index is 0.0225. The number of fused-ring (bicyclic) bond motifs is 1. The SMILES string of the molecule is CCC(C)C(=O)N1Cc2ccccc2CC1C(=O)NC(C)c1cccc(N2CCCC2=O)c1. The molecule has 0 spiro atoms. The van der Waals surface area contributed by atoms with Gasteiger partial charge in [-0.05, 0) is 48.6 Å². The molecule has 4 rings (SSSR count). The van der Waals surface area contributed by atoms with Gasteiger partial charge in [-0.1, -0.05) is 50.2 Å². The van der Waals surface area contributed by atoms with Gasteiger partial charge in [0.1, 0.15) is 6.04 Å². The summed E-state index contributed by atoms with van der Waals surface area (Å²) in [6.07, 6.45) is 2.71. The van der Waals surface area contributed by atoms with Crippen LogP contribution in [0, 0.1) is 5.92 Å². The van der Waals surface area contributed by atoms with Crippen molar-refractivity contribution in [1.82, 2.24) is 10.2 Å². The van der Waals surface area contributed by atoms with Gasteiger partial charge in [-0.3, -0.25) is 14.4 Å². The molecule has 1 N–H and O–H groups in total. The van der Waals surface area contributed by atoms with Crippen molar-refractivity contribution >= 4 is 23.4 Å². The summed E-state index contributed by atoms with van der Waals surface area (Å²) in [5.41, 5.74) is 4.04. The van der Waals surface area contributed by atoms with E-state index in [4.69, 9.17) is 0 Å². The fourth-order valence-corrected chi connectivity index (χ4v) is 4.72. The van der Waals surface area contributed by atoms with Gasteiger partial charge >= 0.3 is 0 Å². The minimum atomic E-state index is -0.535. The molecule has 2 aliphatic heterocycles. The lowest BCUT2D eigenvalue weighted by Gasteiger charge is -2.38. The molecule has 0 aromatic heterocycles. The number of hydrogen-bond acceptors (Lipinski definition) is 3. The molecular formula is C27H33N3O3. The van der Waals surface area contributed by atoms with E-state index in [2.05, 4.69) is 5.32 Å². The van der Waals surface area contributed by atoms with Crippen LogP contribution >= 0.6 is 0 Å². The highest BCUT2D eigenvalue weighted by Crippen LogP contribution is 2.28. The Balaban J connectivity index is 1.53. The van der Waals surface area contributed by atoms with E-state index in [-0.39, 0.29) is 29.7 Å². The number of rotatable bonds is 6. The maximum Gasteiger partial charge on any atom is 0.243 e. The Morgan fingerprint density at radius 3 is 2.55 bits per heavy atom. The average molecular weight is 448 g/mol. The third-order valence-electron chi connectivity index (χ3n) is 6.98. The molecule has 6 nitrogen and oxygen atoms in total. The van der Waals surface area contributed by atoms with Crippen molar-refractivity contribution in [2.75, 3.05) is 11.4 Å². The lowest BCUT2D eigenvalue weighted by molar-refractivity contribution is -0.145. The molecule has 3 amide bonds. The average Bonchev–Trinajstić information content (AvgIpc) is 3.28. The predicted octanol–water partition coefficient (Wildman–Crippen LogP) is 3.99. The van der Waals surface area contributed by atoms with Gasteiger partial charge in [0.05, 0.1) is 6.04 Å². The summed E-state index contributed by atoms with van der Waals surface area (Å²) in [4.78, 5) is 42.3. The van der Waals surface area contributed by atoms with E-state index in [1.54, 1.807) is 4.90 Å². The molecule has 3 unspecified atom stereocenters. The molecule has 0 bridgehead atoms. The number of anilines is 1. The summed E-state index contributed by atoms with van der Waals surface area (Å²) in [5.74, 6) is -0.104. The predicted molar refractivity (Wildman–Crippen MR) is 129 cm³/mol. The molecular weight excluding hydrogens is 414 g/mol. The van der Waals surface area contributed by atoms with Crippen LogP contribution in [-0.4, -0.2) is 35.2 Å². The minimum Gasteiger partial charge on any atom is -0.348 e. The lowest BCUT2D eigenvalue weighted by Crippen LogP contribution is -2.54. The molecule has 174 valence electrons. The van der Waals surface area contributed by atoms with Crippen molar-refractivity contribution in [1.29, 1.82) is 0 Å². The van der Waals surface area contributed by atoms with Crippen LogP contribution in [0.1, 0.15) is 62.8 Å². The van der Waals surface area contributed by atoms with Crippen molar-refractivity contribution in [3.05, 3.63) is 65.2 Å². The second-order valence-electron chi connectivity index (χ2n) is 9.24. The van der Waals surface area contributed by atoms with Gasteiger partial charge in [-0.2, -0.15) is 0 Å². The number of nitrogens with one attached hydrogen (secondary N) is 1. The molecule has 1 saturated heterocycles. The zero-order chi connectivity index (χ0) is 23.5. The van der Waals surface area contributed by atoms with Crippen LogP contribution in [0.25, 0.3) is 0 Å². The van der Waals surface area contributed by atoms with E-state index < -0.39 is 6.04 Å².